The van der Waals surface area contributed by atoms with Gasteiger partial charge in [-0.2, -0.15) is 0 Å². The third kappa shape index (κ3) is 8.71. The van der Waals surface area contributed by atoms with Crippen molar-refractivity contribution in [1.29, 1.82) is 0 Å². The topological polar surface area (TPSA) is 0 Å². The number of halogens is 4. The largest absolute Gasteiger partial charge is 0.673 e. The average molecular weight is 338 g/mol. The normalized spacial score (nSPS) is 13.0. The molecule has 22 heavy (non-hydrogen) atoms. The Hall–Kier alpha value is -0.645. The van der Waals surface area contributed by atoms with Crippen molar-refractivity contribution in [2.24, 2.45) is 0 Å². The highest BCUT2D eigenvalue weighted by molar-refractivity contribution is 7.12. The van der Waals surface area contributed by atoms with Gasteiger partial charge in [-0.1, -0.05) is 55.4 Å². The van der Waals surface area contributed by atoms with Gasteiger partial charge in [-0.05, 0) is 11.5 Å². The highest BCUT2D eigenvalue weighted by Crippen LogP contribution is 2.36. The molecule has 0 spiro atoms. The van der Waals surface area contributed by atoms with Gasteiger partial charge in [0.2, 0.25) is 21.1 Å². The first kappa shape index (κ1) is 21.4. The number of hydrogen-bond acceptors (Lipinski definition) is 0. The average Bonchev–Trinajstić information content (AvgIpc) is 2.23. The highest BCUT2D eigenvalue weighted by atomic mass is 32.1. The van der Waals surface area contributed by atoms with E-state index in [9.17, 15) is 17.3 Å². The minimum atomic E-state index is -6.00. The molecule has 0 amide bonds. The van der Waals surface area contributed by atoms with Crippen molar-refractivity contribution in [2.45, 2.75) is 72.1 Å². The lowest BCUT2D eigenvalue weighted by Crippen LogP contribution is -2.15. The summed E-state index contributed by atoms with van der Waals surface area (Å²) in [5.74, 6) is 0.602. The number of rotatable bonds is 1. The summed E-state index contributed by atoms with van der Waals surface area (Å²) in [6.07, 6.45) is 0. The lowest BCUT2D eigenvalue weighted by molar-refractivity contribution is 0.368. The lowest BCUT2D eigenvalue weighted by Gasteiger charge is -2.17. The molecular weight excluding hydrogens is 311 g/mol. The molecule has 0 aliphatic rings. The molecule has 0 unspecified atom stereocenters. The minimum Gasteiger partial charge on any atom is -0.418 e. The zero-order valence-electron chi connectivity index (χ0n) is 14.7. The van der Waals surface area contributed by atoms with E-state index >= 15 is 0 Å². The molecule has 1 rings (SSSR count). The molecule has 0 saturated heterocycles. The molecule has 0 nitrogen and oxygen atoms in total. The summed E-state index contributed by atoms with van der Waals surface area (Å²) < 4.78 is 39.0. The van der Waals surface area contributed by atoms with E-state index in [1.54, 1.807) is 0 Å². The molecule has 0 saturated carbocycles. The van der Waals surface area contributed by atoms with E-state index in [-0.39, 0.29) is 10.8 Å². The molecule has 1 aromatic heterocycles. The standard InChI is InChI=1S/C16H27S.BF4/c1-11(2)12-9-13(15(3,4)5)17-14(10-12)16(6,7)8;2-1(3,4)5/h9-11H,1-8H3;/q+1;-1. The molecule has 0 N–H and O–H groups in total. The Morgan fingerprint density at radius 1 is 0.818 bits per heavy atom. The third-order valence-electron chi connectivity index (χ3n) is 2.96. The Labute approximate surface area is 136 Å². The van der Waals surface area contributed by atoms with Crippen molar-refractivity contribution >= 4 is 18.6 Å². The van der Waals surface area contributed by atoms with Crippen LogP contribution in [-0.2, 0) is 10.8 Å². The first-order chi connectivity index (χ1) is 9.51. The maximum absolute atomic E-state index is 9.75. The first-order valence-corrected chi connectivity index (χ1v) is 8.20. The molecule has 6 heteroatoms. The Balaban J connectivity index is 0.000000763. The van der Waals surface area contributed by atoms with Crippen LogP contribution >= 0.6 is 11.3 Å². The summed E-state index contributed by atoms with van der Waals surface area (Å²) in [6, 6.07) is 4.79. The van der Waals surface area contributed by atoms with Crippen molar-refractivity contribution < 1.29 is 17.3 Å². The Kier molecular flexibility index (Phi) is 7.07. The first-order valence-electron chi connectivity index (χ1n) is 7.38. The van der Waals surface area contributed by atoms with Gasteiger partial charge in [0.15, 0.2) is 0 Å². The molecule has 1 aromatic rings. The molecule has 1 heterocycles. The monoisotopic (exact) mass is 338 g/mol. The van der Waals surface area contributed by atoms with Gasteiger partial charge in [0, 0.05) is 23.0 Å². The second-order valence-corrected chi connectivity index (χ2v) is 8.85. The maximum Gasteiger partial charge on any atom is 0.673 e. The molecule has 0 aromatic carbocycles. The van der Waals surface area contributed by atoms with Crippen molar-refractivity contribution in [3.05, 3.63) is 27.5 Å². The minimum absolute atomic E-state index is 0.246. The van der Waals surface area contributed by atoms with Gasteiger partial charge in [-0.3, -0.25) is 0 Å². The van der Waals surface area contributed by atoms with Crippen LogP contribution in [0.3, 0.4) is 0 Å². The number of hydrogen-bond donors (Lipinski definition) is 0. The van der Waals surface area contributed by atoms with E-state index in [1.165, 1.54) is 15.3 Å². The van der Waals surface area contributed by atoms with Gasteiger partial charge in [0.1, 0.15) is 0 Å². The molecule has 0 fully saturated rings. The van der Waals surface area contributed by atoms with Crippen LogP contribution in [0.1, 0.15) is 76.6 Å². The summed E-state index contributed by atoms with van der Waals surface area (Å²) in [6.45, 7) is 18.4. The molecular formula is C16H27BF4S. The Bertz CT molecular complexity index is 444. The van der Waals surface area contributed by atoms with Crippen LogP contribution in [0, 0.1) is 0 Å². The van der Waals surface area contributed by atoms with Crippen molar-refractivity contribution in [3.8, 4) is 0 Å². The molecule has 0 aliphatic carbocycles. The van der Waals surface area contributed by atoms with E-state index in [4.69, 9.17) is 0 Å². The van der Waals surface area contributed by atoms with E-state index in [0.29, 0.717) is 5.92 Å². The zero-order chi connectivity index (χ0) is 17.9. The molecule has 128 valence electrons. The van der Waals surface area contributed by atoms with Gasteiger partial charge in [-0.25, -0.2) is 0 Å². The van der Waals surface area contributed by atoms with Crippen LogP contribution in [0.5, 0.6) is 0 Å². The summed E-state index contributed by atoms with van der Waals surface area (Å²) >= 11 is 1.97. The van der Waals surface area contributed by atoms with Crippen molar-refractivity contribution in [3.63, 3.8) is 0 Å². The summed E-state index contributed by atoms with van der Waals surface area (Å²) in [4.78, 5) is 2.99. The van der Waals surface area contributed by atoms with Gasteiger partial charge in [0.25, 0.3) is 0 Å². The van der Waals surface area contributed by atoms with Crippen molar-refractivity contribution in [1.82, 2.24) is 0 Å². The molecule has 0 aliphatic heterocycles. The van der Waals surface area contributed by atoms with E-state index in [0.717, 1.165) is 0 Å². The molecule has 0 atom stereocenters. The third-order valence-corrected chi connectivity index (χ3v) is 4.86. The van der Waals surface area contributed by atoms with Crippen LogP contribution in [0.4, 0.5) is 17.3 Å². The highest BCUT2D eigenvalue weighted by Gasteiger charge is 2.32. The van der Waals surface area contributed by atoms with Crippen molar-refractivity contribution in [2.75, 3.05) is 0 Å². The maximum atomic E-state index is 9.75. The van der Waals surface area contributed by atoms with Crippen LogP contribution in [0.2, 0.25) is 0 Å². The smallest absolute Gasteiger partial charge is 0.418 e. The van der Waals surface area contributed by atoms with Gasteiger partial charge >= 0.3 is 7.25 Å². The quantitative estimate of drug-likeness (QED) is 0.292. The molecule has 0 bridgehead atoms. The second-order valence-electron chi connectivity index (χ2n) is 7.77. The Morgan fingerprint density at radius 3 is 1.27 bits per heavy atom. The van der Waals surface area contributed by atoms with Gasteiger partial charge < -0.3 is 17.3 Å². The fourth-order valence-electron chi connectivity index (χ4n) is 1.59. The van der Waals surface area contributed by atoms with Crippen LogP contribution in [0.25, 0.3) is 0 Å². The second kappa shape index (κ2) is 7.28. The predicted octanol–water partition coefficient (Wildman–Crippen LogP) is 7.05. The van der Waals surface area contributed by atoms with Crippen LogP contribution < -0.4 is 0 Å². The van der Waals surface area contributed by atoms with E-state index in [1.807, 2.05) is 11.3 Å². The summed E-state index contributed by atoms with van der Waals surface area (Å²) in [7, 11) is -6.00. The van der Waals surface area contributed by atoms with E-state index < -0.39 is 7.25 Å². The SMILES string of the molecule is CC(C)c1cc(C(C)(C)C)[s+]c(C(C)(C)C)c1.F[B-](F)(F)F. The van der Waals surface area contributed by atoms with Crippen LogP contribution in [0.15, 0.2) is 12.1 Å². The summed E-state index contributed by atoms with van der Waals surface area (Å²) in [5.41, 5.74) is 1.96. The van der Waals surface area contributed by atoms with Gasteiger partial charge in [0.05, 0.1) is 0 Å². The van der Waals surface area contributed by atoms with E-state index in [2.05, 4.69) is 67.5 Å². The lowest BCUT2D eigenvalue weighted by atomic mass is 9.90. The molecule has 0 radical (unpaired) electrons. The van der Waals surface area contributed by atoms with Gasteiger partial charge in [-0.15, -0.1) is 0 Å². The Morgan fingerprint density at radius 2 is 1.09 bits per heavy atom. The zero-order valence-corrected chi connectivity index (χ0v) is 15.5. The predicted molar refractivity (Wildman–Crippen MR) is 90.4 cm³/mol. The van der Waals surface area contributed by atoms with Crippen LogP contribution in [-0.4, -0.2) is 7.25 Å². The summed E-state index contributed by atoms with van der Waals surface area (Å²) in [5, 5.41) is 0. The fraction of sp³-hybridized carbons (Fsp3) is 0.688. The fourth-order valence-corrected chi connectivity index (χ4v) is 2.83.